The van der Waals surface area contributed by atoms with Crippen molar-refractivity contribution in [3.8, 4) is 0 Å². The van der Waals surface area contributed by atoms with Gasteiger partial charge in [-0.25, -0.2) is 35.9 Å². The van der Waals surface area contributed by atoms with E-state index in [-0.39, 0.29) is 5.39 Å². The van der Waals surface area contributed by atoms with E-state index < -0.39 is 64.8 Å². The second-order valence-corrected chi connectivity index (χ2v) is 5.27. The number of hydrogen-bond donors (Lipinski definition) is 2. The third kappa shape index (κ3) is 3.44. The van der Waals surface area contributed by atoms with Crippen molar-refractivity contribution < 1.29 is 46.1 Å². The van der Waals surface area contributed by atoms with Crippen LogP contribution in [0, 0.1) is 0 Å². The molecule has 2 atom stereocenters. The quantitative estimate of drug-likeness (QED) is 0.707. The summed E-state index contributed by atoms with van der Waals surface area (Å²) in [5.74, 6) is -3.53. The lowest BCUT2D eigenvalue weighted by Crippen LogP contribution is -2.17. The summed E-state index contributed by atoms with van der Waals surface area (Å²) >= 11 is 0. The summed E-state index contributed by atoms with van der Waals surface area (Å²) in [5.41, 5.74) is -4.13. The molecule has 0 saturated heterocycles. The molecule has 0 spiro atoms. The zero-order chi connectivity index (χ0) is 19.8. The zero-order valence-electron chi connectivity index (χ0n) is 12.6. The van der Waals surface area contributed by atoms with Crippen LogP contribution in [-0.4, -0.2) is 35.0 Å². The molecule has 10 heteroatoms. The molecule has 0 saturated carbocycles. The Labute approximate surface area is 141 Å². The molecule has 0 heterocycles. The summed E-state index contributed by atoms with van der Waals surface area (Å²) in [6.07, 6.45) is -13.8. The van der Waals surface area contributed by atoms with Crippen molar-refractivity contribution in [1.29, 1.82) is 0 Å². The summed E-state index contributed by atoms with van der Waals surface area (Å²) in [7, 11) is 0. The molecule has 4 nitrogen and oxygen atoms in total. The van der Waals surface area contributed by atoms with Crippen molar-refractivity contribution in [3.63, 3.8) is 0 Å². The SMILES string of the molecule is O=C(O)c1ccc2c(C(F)C(F)F)c(C(=O)O)c(C(F)C(F)F)cc2c1. The second kappa shape index (κ2) is 7.22. The smallest absolute Gasteiger partial charge is 0.336 e. The largest absolute Gasteiger partial charge is 0.478 e. The number of rotatable bonds is 6. The first-order valence-electron chi connectivity index (χ1n) is 6.97. The first-order chi connectivity index (χ1) is 12.1. The Morgan fingerprint density at radius 3 is 1.85 bits per heavy atom. The highest BCUT2D eigenvalue weighted by atomic mass is 19.3. The highest BCUT2D eigenvalue weighted by Crippen LogP contribution is 2.40. The maximum atomic E-state index is 14.1. The predicted molar refractivity (Wildman–Crippen MR) is 77.6 cm³/mol. The lowest BCUT2D eigenvalue weighted by atomic mass is 9.89. The van der Waals surface area contributed by atoms with Crippen LogP contribution in [0.1, 0.15) is 44.2 Å². The van der Waals surface area contributed by atoms with E-state index in [1.165, 1.54) is 0 Å². The van der Waals surface area contributed by atoms with Crippen LogP contribution in [0.15, 0.2) is 24.3 Å². The van der Waals surface area contributed by atoms with Gasteiger partial charge in [-0.3, -0.25) is 0 Å². The summed E-state index contributed by atoms with van der Waals surface area (Å²) in [5, 5.41) is 17.3. The third-order valence-electron chi connectivity index (χ3n) is 3.69. The highest BCUT2D eigenvalue weighted by Gasteiger charge is 2.35. The topological polar surface area (TPSA) is 74.6 Å². The number of fused-ring (bicyclic) bond motifs is 1. The van der Waals surface area contributed by atoms with Gasteiger partial charge < -0.3 is 10.2 Å². The van der Waals surface area contributed by atoms with Gasteiger partial charge in [0.2, 0.25) is 0 Å². The molecule has 0 aromatic heterocycles. The molecule has 0 radical (unpaired) electrons. The van der Waals surface area contributed by atoms with E-state index in [1.807, 2.05) is 0 Å². The molecule has 2 unspecified atom stereocenters. The van der Waals surface area contributed by atoms with E-state index in [0.29, 0.717) is 6.07 Å². The molecule has 0 bridgehead atoms. The zero-order valence-corrected chi connectivity index (χ0v) is 12.6. The number of hydrogen-bond acceptors (Lipinski definition) is 2. The average Bonchev–Trinajstić information content (AvgIpc) is 2.57. The van der Waals surface area contributed by atoms with Crippen LogP contribution in [0.5, 0.6) is 0 Å². The Hall–Kier alpha value is -2.78. The molecule has 0 aliphatic carbocycles. The van der Waals surface area contributed by atoms with E-state index in [2.05, 4.69) is 0 Å². The summed E-state index contributed by atoms with van der Waals surface area (Å²) in [6.45, 7) is 0. The van der Waals surface area contributed by atoms with Gasteiger partial charge in [-0.05, 0) is 29.0 Å². The first kappa shape index (κ1) is 19.5. The molecule has 2 aromatic rings. The maximum absolute atomic E-state index is 14.1. The van der Waals surface area contributed by atoms with Crippen LogP contribution in [-0.2, 0) is 0 Å². The minimum absolute atomic E-state index is 0.355. The molecular formula is C16H10F6O4. The van der Waals surface area contributed by atoms with Gasteiger partial charge in [0.15, 0.2) is 12.3 Å². The van der Waals surface area contributed by atoms with Gasteiger partial charge in [-0.1, -0.05) is 6.07 Å². The number of benzene rings is 2. The maximum Gasteiger partial charge on any atom is 0.336 e. The fourth-order valence-corrected chi connectivity index (χ4v) is 2.59. The lowest BCUT2D eigenvalue weighted by Gasteiger charge is -2.20. The molecule has 26 heavy (non-hydrogen) atoms. The van der Waals surface area contributed by atoms with E-state index in [0.717, 1.165) is 18.2 Å². The van der Waals surface area contributed by atoms with Gasteiger partial charge in [-0.15, -0.1) is 0 Å². The summed E-state index contributed by atoms with van der Waals surface area (Å²) < 4.78 is 79.2. The van der Waals surface area contributed by atoms with Crippen molar-refractivity contribution in [2.45, 2.75) is 25.2 Å². The molecule has 0 amide bonds. The van der Waals surface area contributed by atoms with E-state index in [9.17, 15) is 41.0 Å². The van der Waals surface area contributed by atoms with E-state index in [4.69, 9.17) is 5.11 Å². The van der Waals surface area contributed by atoms with Crippen LogP contribution < -0.4 is 0 Å². The molecule has 2 aromatic carbocycles. The van der Waals surface area contributed by atoms with Crippen molar-refractivity contribution in [1.82, 2.24) is 0 Å². The fourth-order valence-electron chi connectivity index (χ4n) is 2.59. The minimum atomic E-state index is -3.71. The number of carbonyl (C=O) groups is 2. The van der Waals surface area contributed by atoms with Crippen molar-refractivity contribution >= 4 is 22.7 Å². The molecule has 0 aliphatic rings. The predicted octanol–water partition coefficient (Wildman–Crippen LogP) is 4.79. The lowest BCUT2D eigenvalue weighted by molar-refractivity contribution is 0.0435. The van der Waals surface area contributed by atoms with Gasteiger partial charge in [0.1, 0.15) is 0 Å². The van der Waals surface area contributed by atoms with Crippen LogP contribution in [0.25, 0.3) is 10.8 Å². The highest BCUT2D eigenvalue weighted by molar-refractivity contribution is 6.02. The summed E-state index contributed by atoms with van der Waals surface area (Å²) in [6, 6.07) is 3.20. The Morgan fingerprint density at radius 1 is 0.808 bits per heavy atom. The van der Waals surface area contributed by atoms with Crippen LogP contribution >= 0.6 is 0 Å². The Balaban J connectivity index is 2.98. The number of carboxylic acids is 2. The molecular weight excluding hydrogens is 370 g/mol. The van der Waals surface area contributed by atoms with Gasteiger partial charge in [-0.2, -0.15) is 0 Å². The van der Waals surface area contributed by atoms with E-state index in [1.54, 1.807) is 0 Å². The Kier molecular flexibility index (Phi) is 5.43. The second-order valence-electron chi connectivity index (χ2n) is 5.27. The number of halogens is 6. The fraction of sp³-hybridized carbons (Fsp3) is 0.250. The third-order valence-corrected chi connectivity index (χ3v) is 3.69. The van der Waals surface area contributed by atoms with Gasteiger partial charge >= 0.3 is 11.9 Å². The van der Waals surface area contributed by atoms with Crippen molar-refractivity contribution in [3.05, 3.63) is 46.5 Å². The van der Waals surface area contributed by atoms with Crippen LogP contribution in [0.3, 0.4) is 0 Å². The standard InChI is InChI=1S/C16H10F6O4/c17-11(13(19)20)8-4-6-3-5(15(23)24)1-2-7(6)9(10(8)16(25)26)12(18)14(21)22/h1-4,11-14H,(H,23,24)(H,25,26). The minimum Gasteiger partial charge on any atom is -0.478 e. The van der Waals surface area contributed by atoms with Crippen LogP contribution in [0.2, 0.25) is 0 Å². The number of aromatic carboxylic acids is 2. The van der Waals surface area contributed by atoms with Gasteiger partial charge in [0.05, 0.1) is 11.1 Å². The number of alkyl halides is 6. The molecule has 140 valence electrons. The Bertz CT molecular complexity index is 867. The molecule has 2 rings (SSSR count). The van der Waals surface area contributed by atoms with Crippen molar-refractivity contribution in [2.75, 3.05) is 0 Å². The van der Waals surface area contributed by atoms with Gasteiger partial charge in [0, 0.05) is 11.1 Å². The monoisotopic (exact) mass is 380 g/mol. The van der Waals surface area contributed by atoms with Crippen molar-refractivity contribution in [2.24, 2.45) is 0 Å². The van der Waals surface area contributed by atoms with Gasteiger partial charge in [0.25, 0.3) is 12.9 Å². The summed E-state index contributed by atoms with van der Waals surface area (Å²) in [4.78, 5) is 22.4. The van der Waals surface area contributed by atoms with E-state index >= 15 is 0 Å². The normalized spacial score (nSPS) is 14.0. The average molecular weight is 380 g/mol. The van der Waals surface area contributed by atoms with Crippen LogP contribution in [0.4, 0.5) is 26.3 Å². The molecule has 0 aliphatic heterocycles. The Morgan fingerprint density at radius 2 is 1.38 bits per heavy atom. The molecule has 0 fully saturated rings. The first-order valence-corrected chi connectivity index (χ1v) is 6.97. The molecule has 2 N–H and O–H groups in total. The number of carboxylic acid groups (broad SMARTS) is 2.